The van der Waals surface area contributed by atoms with Crippen molar-refractivity contribution in [3.05, 3.63) is 23.5 Å². The molecule has 0 aromatic carbocycles. The van der Waals surface area contributed by atoms with E-state index in [0.29, 0.717) is 11.8 Å². The monoisotopic (exact) mass is 236 g/mol. The first kappa shape index (κ1) is 13.8. The molecule has 0 radical (unpaired) electrons. The third-order valence-electron chi connectivity index (χ3n) is 3.00. The Balaban J connectivity index is 3.19. The number of nitrogens with zero attached hydrogens (tertiary/aromatic N) is 1. The lowest BCUT2D eigenvalue weighted by atomic mass is 9.89. The van der Waals surface area contributed by atoms with E-state index < -0.39 is 0 Å². The number of urea groups is 1. The third-order valence-corrected chi connectivity index (χ3v) is 3.00. The number of carbonyl (C=O) groups excluding carboxylic acids is 1. The quantitative estimate of drug-likeness (QED) is 0.799. The van der Waals surface area contributed by atoms with Crippen molar-refractivity contribution in [1.29, 1.82) is 0 Å². The molecule has 0 bridgehead atoms. The summed E-state index contributed by atoms with van der Waals surface area (Å²) in [5, 5.41) is 2.87. The van der Waals surface area contributed by atoms with E-state index in [9.17, 15) is 4.79 Å². The zero-order valence-electron chi connectivity index (χ0n) is 11.7. The minimum atomic E-state index is -0.0474. The molecule has 0 saturated carbocycles. The molecule has 0 aliphatic carbocycles. The van der Waals surface area contributed by atoms with E-state index in [2.05, 4.69) is 33.0 Å². The van der Waals surface area contributed by atoms with Crippen molar-refractivity contribution in [2.75, 3.05) is 0 Å². The lowest BCUT2D eigenvalue weighted by molar-refractivity contribution is 0.210. The number of carbonyl (C=O) groups is 1. The predicted molar refractivity (Wildman–Crippen MR) is 71.3 cm³/mol. The fraction of sp³-hybridized carbons (Fsp3) is 0.643. The standard InChI is InChI=1S/C14H24N2O/c1-9(2)12-7-15-14(17)16(11(5)6)8-13(12)10(3)4/h7-11H,1-6H3,(H,15,17). The van der Waals surface area contributed by atoms with Gasteiger partial charge in [0.05, 0.1) is 0 Å². The van der Waals surface area contributed by atoms with E-state index in [1.54, 1.807) is 4.90 Å². The summed E-state index contributed by atoms with van der Waals surface area (Å²) in [5.74, 6) is 0.827. The van der Waals surface area contributed by atoms with Crippen LogP contribution in [0.15, 0.2) is 23.5 Å². The van der Waals surface area contributed by atoms with Crippen LogP contribution in [0.3, 0.4) is 0 Å². The Bertz CT molecular complexity index is 351. The highest BCUT2D eigenvalue weighted by Crippen LogP contribution is 2.27. The molecule has 96 valence electrons. The number of nitrogens with one attached hydrogen (secondary N) is 1. The van der Waals surface area contributed by atoms with Gasteiger partial charge >= 0.3 is 6.03 Å². The van der Waals surface area contributed by atoms with Crippen LogP contribution in [0.25, 0.3) is 0 Å². The molecule has 1 rings (SSSR count). The molecule has 1 heterocycles. The van der Waals surface area contributed by atoms with Gasteiger partial charge in [-0.1, -0.05) is 27.7 Å². The van der Waals surface area contributed by atoms with Crippen LogP contribution in [-0.4, -0.2) is 17.0 Å². The van der Waals surface area contributed by atoms with Gasteiger partial charge in [0, 0.05) is 18.4 Å². The maximum Gasteiger partial charge on any atom is 0.325 e. The van der Waals surface area contributed by atoms with Crippen LogP contribution in [0.5, 0.6) is 0 Å². The fourth-order valence-electron chi connectivity index (χ4n) is 1.95. The second kappa shape index (κ2) is 5.39. The van der Waals surface area contributed by atoms with Crippen LogP contribution < -0.4 is 5.32 Å². The highest BCUT2D eigenvalue weighted by molar-refractivity contribution is 5.78. The molecule has 1 N–H and O–H groups in total. The molecular weight excluding hydrogens is 212 g/mol. The van der Waals surface area contributed by atoms with Crippen LogP contribution in [0, 0.1) is 11.8 Å². The van der Waals surface area contributed by atoms with Crippen molar-refractivity contribution in [3.63, 3.8) is 0 Å². The number of hydrogen-bond acceptors (Lipinski definition) is 1. The number of hydrogen-bond donors (Lipinski definition) is 1. The smallest absolute Gasteiger partial charge is 0.314 e. The van der Waals surface area contributed by atoms with Crippen molar-refractivity contribution in [1.82, 2.24) is 10.2 Å². The second-order valence-corrected chi connectivity index (χ2v) is 5.44. The van der Waals surface area contributed by atoms with E-state index in [1.165, 1.54) is 11.1 Å². The second-order valence-electron chi connectivity index (χ2n) is 5.44. The molecule has 3 heteroatoms. The molecular formula is C14H24N2O. The Morgan fingerprint density at radius 1 is 1.00 bits per heavy atom. The average Bonchev–Trinajstić information content (AvgIpc) is 2.37. The highest BCUT2D eigenvalue weighted by atomic mass is 16.2. The fourth-order valence-corrected chi connectivity index (χ4v) is 1.95. The zero-order chi connectivity index (χ0) is 13.2. The maximum atomic E-state index is 11.9. The summed E-state index contributed by atoms with van der Waals surface area (Å²) in [7, 11) is 0. The van der Waals surface area contributed by atoms with Gasteiger partial charge in [-0.05, 0) is 36.8 Å². The molecule has 0 atom stereocenters. The summed E-state index contributed by atoms with van der Waals surface area (Å²) in [6.45, 7) is 12.7. The molecule has 0 aromatic rings. The first-order valence-electron chi connectivity index (χ1n) is 6.35. The predicted octanol–water partition coefficient (Wildman–Crippen LogP) is 3.50. The van der Waals surface area contributed by atoms with Gasteiger partial charge in [-0.25, -0.2) is 4.79 Å². The molecule has 0 aromatic heterocycles. The van der Waals surface area contributed by atoms with Gasteiger partial charge in [-0.3, -0.25) is 4.90 Å². The summed E-state index contributed by atoms with van der Waals surface area (Å²) in [4.78, 5) is 13.7. The number of amides is 2. The van der Waals surface area contributed by atoms with Crippen LogP contribution in [-0.2, 0) is 0 Å². The average molecular weight is 236 g/mol. The van der Waals surface area contributed by atoms with E-state index in [1.807, 2.05) is 26.2 Å². The summed E-state index contributed by atoms with van der Waals surface area (Å²) in [6.07, 6.45) is 3.87. The summed E-state index contributed by atoms with van der Waals surface area (Å²) < 4.78 is 0. The Kier molecular flexibility index (Phi) is 4.38. The van der Waals surface area contributed by atoms with Crippen molar-refractivity contribution < 1.29 is 4.79 Å². The maximum absolute atomic E-state index is 11.9. The van der Waals surface area contributed by atoms with Gasteiger partial charge in [-0.15, -0.1) is 0 Å². The van der Waals surface area contributed by atoms with Crippen LogP contribution in [0.1, 0.15) is 41.5 Å². The van der Waals surface area contributed by atoms with Gasteiger partial charge in [0.1, 0.15) is 0 Å². The highest BCUT2D eigenvalue weighted by Gasteiger charge is 2.22. The van der Waals surface area contributed by atoms with E-state index in [0.717, 1.165) is 0 Å². The minimum absolute atomic E-state index is 0.0474. The number of rotatable bonds is 3. The van der Waals surface area contributed by atoms with Gasteiger partial charge in [-0.2, -0.15) is 0 Å². The first-order chi connectivity index (χ1) is 7.84. The largest absolute Gasteiger partial charge is 0.325 e. The lowest BCUT2D eigenvalue weighted by Gasteiger charge is -2.23. The van der Waals surface area contributed by atoms with Gasteiger partial charge in [0.15, 0.2) is 0 Å². The molecule has 3 nitrogen and oxygen atoms in total. The molecule has 0 spiro atoms. The van der Waals surface area contributed by atoms with Crippen molar-refractivity contribution >= 4 is 6.03 Å². The SMILES string of the molecule is CC(C)C1=CNC(=O)N(C(C)C)C=C1C(C)C. The normalized spacial score (nSPS) is 17.2. The third kappa shape index (κ3) is 3.11. The minimum Gasteiger partial charge on any atom is -0.314 e. The van der Waals surface area contributed by atoms with Crippen molar-refractivity contribution in [3.8, 4) is 0 Å². The molecule has 1 aliphatic rings. The Hall–Kier alpha value is -1.25. The molecule has 0 unspecified atom stereocenters. The number of allylic oxidation sites excluding steroid dienone is 2. The molecule has 0 fully saturated rings. The van der Waals surface area contributed by atoms with Gasteiger partial charge in [0.2, 0.25) is 0 Å². The van der Waals surface area contributed by atoms with Gasteiger partial charge < -0.3 is 5.32 Å². The van der Waals surface area contributed by atoms with E-state index in [-0.39, 0.29) is 12.1 Å². The Labute approximate surface area is 105 Å². The van der Waals surface area contributed by atoms with Crippen molar-refractivity contribution in [2.24, 2.45) is 11.8 Å². The van der Waals surface area contributed by atoms with E-state index in [4.69, 9.17) is 0 Å². The van der Waals surface area contributed by atoms with Gasteiger partial charge in [0.25, 0.3) is 0 Å². The van der Waals surface area contributed by atoms with E-state index >= 15 is 0 Å². The molecule has 0 saturated heterocycles. The Morgan fingerprint density at radius 3 is 1.94 bits per heavy atom. The topological polar surface area (TPSA) is 32.3 Å². The van der Waals surface area contributed by atoms with Crippen LogP contribution >= 0.6 is 0 Å². The first-order valence-corrected chi connectivity index (χ1v) is 6.35. The summed E-state index contributed by atoms with van der Waals surface area (Å²) >= 11 is 0. The molecule has 17 heavy (non-hydrogen) atoms. The zero-order valence-corrected chi connectivity index (χ0v) is 11.7. The summed E-state index contributed by atoms with van der Waals surface area (Å²) in [5.41, 5.74) is 2.46. The molecule has 2 amide bonds. The van der Waals surface area contributed by atoms with Crippen molar-refractivity contribution in [2.45, 2.75) is 47.6 Å². The van der Waals surface area contributed by atoms with Crippen LogP contribution in [0.4, 0.5) is 4.79 Å². The molecule has 1 aliphatic heterocycles. The Morgan fingerprint density at radius 2 is 1.53 bits per heavy atom. The van der Waals surface area contributed by atoms with Crippen LogP contribution in [0.2, 0.25) is 0 Å². The summed E-state index contributed by atoms with van der Waals surface area (Å²) in [6, 6.07) is 0.123. The lowest BCUT2D eigenvalue weighted by Crippen LogP contribution is -2.37.